The molecule has 2 aromatic rings. The van der Waals surface area contributed by atoms with Crippen LogP contribution in [0.25, 0.3) is 6.08 Å². The molecular weight excluding hydrogens is 280 g/mol. The van der Waals surface area contributed by atoms with Crippen LogP contribution in [0, 0.1) is 0 Å². The predicted octanol–water partition coefficient (Wildman–Crippen LogP) is 2.56. The first-order chi connectivity index (χ1) is 10.7. The lowest BCUT2D eigenvalue weighted by molar-refractivity contribution is -0.116. The third-order valence-electron chi connectivity index (χ3n) is 2.82. The van der Waals surface area contributed by atoms with Crippen molar-refractivity contribution >= 4 is 18.2 Å². The number of nitrogens with zero attached hydrogens (tertiary/aromatic N) is 1. The van der Waals surface area contributed by atoms with Gasteiger partial charge in [0.25, 0.3) is 5.91 Å². The fourth-order valence-corrected chi connectivity index (χ4v) is 1.66. The largest absolute Gasteiger partial charge is 0.508 e. The Hall–Kier alpha value is -3.08. The van der Waals surface area contributed by atoms with Crippen LogP contribution in [0.2, 0.25) is 0 Å². The van der Waals surface area contributed by atoms with Crippen LogP contribution in [0.1, 0.15) is 11.1 Å². The van der Waals surface area contributed by atoms with Crippen molar-refractivity contribution in [1.82, 2.24) is 5.43 Å². The Balaban J connectivity index is 1.86. The second kappa shape index (κ2) is 7.64. The zero-order valence-electron chi connectivity index (χ0n) is 12.1. The summed E-state index contributed by atoms with van der Waals surface area (Å²) in [6, 6.07) is 13.8. The molecule has 0 radical (unpaired) electrons. The number of hydrazone groups is 1. The summed E-state index contributed by atoms with van der Waals surface area (Å²) in [5, 5.41) is 13.0. The molecule has 112 valence electrons. The molecule has 0 bridgehead atoms. The number of carbonyl (C=O) groups excluding carboxylic acids is 1. The quantitative estimate of drug-likeness (QED) is 0.506. The number of carbonyl (C=O) groups is 1. The maximum absolute atomic E-state index is 11.6. The van der Waals surface area contributed by atoms with Crippen molar-refractivity contribution in [2.75, 3.05) is 7.11 Å². The summed E-state index contributed by atoms with van der Waals surface area (Å²) < 4.78 is 5.06. The molecule has 0 heterocycles. The summed E-state index contributed by atoms with van der Waals surface area (Å²) in [5.74, 6) is 0.620. The number of aromatic hydroxyl groups is 1. The minimum atomic E-state index is -0.328. The van der Waals surface area contributed by atoms with Crippen LogP contribution in [-0.2, 0) is 4.79 Å². The number of nitrogens with one attached hydrogen (secondary N) is 1. The van der Waals surface area contributed by atoms with Gasteiger partial charge in [-0.25, -0.2) is 5.43 Å². The molecule has 0 aromatic heterocycles. The number of methoxy groups -OCH3 is 1. The van der Waals surface area contributed by atoms with E-state index in [1.807, 2.05) is 24.3 Å². The van der Waals surface area contributed by atoms with Crippen molar-refractivity contribution in [2.45, 2.75) is 0 Å². The molecule has 5 nitrogen and oxygen atoms in total. The fraction of sp³-hybridized carbons (Fsp3) is 0.0588. The van der Waals surface area contributed by atoms with Crippen LogP contribution in [0.4, 0.5) is 0 Å². The minimum Gasteiger partial charge on any atom is -0.508 e. The van der Waals surface area contributed by atoms with Gasteiger partial charge in [-0.2, -0.15) is 5.10 Å². The molecule has 0 unspecified atom stereocenters. The number of ether oxygens (including phenoxy) is 1. The lowest BCUT2D eigenvalue weighted by atomic mass is 10.2. The molecule has 22 heavy (non-hydrogen) atoms. The number of hydrogen-bond acceptors (Lipinski definition) is 4. The van der Waals surface area contributed by atoms with Gasteiger partial charge in [-0.15, -0.1) is 0 Å². The van der Waals surface area contributed by atoms with E-state index in [4.69, 9.17) is 9.84 Å². The Bertz CT molecular complexity index is 674. The molecule has 5 heteroatoms. The molecular formula is C17H16N2O3. The molecule has 0 saturated heterocycles. The Kier molecular flexibility index (Phi) is 5.31. The second-order valence-corrected chi connectivity index (χ2v) is 4.43. The lowest BCUT2D eigenvalue weighted by Gasteiger charge is -1.99. The molecule has 0 saturated carbocycles. The first-order valence-corrected chi connectivity index (χ1v) is 6.61. The molecule has 0 aliphatic rings. The van der Waals surface area contributed by atoms with Crippen molar-refractivity contribution in [1.29, 1.82) is 0 Å². The summed E-state index contributed by atoms with van der Waals surface area (Å²) in [5.41, 5.74) is 4.06. The topological polar surface area (TPSA) is 70.9 Å². The van der Waals surface area contributed by atoms with Crippen molar-refractivity contribution in [3.63, 3.8) is 0 Å². The van der Waals surface area contributed by atoms with E-state index in [2.05, 4.69) is 10.5 Å². The highest BCUT2D eigenvalue weighted by Gasteiger charge is 1.94. The lowest BCUT2D eigenvalue weighted by Crippen LogP contribution is -2.14. The van der Waals surface area contributed by atoms with Crippen molar-refractivity contribution in [2.24, 2.45) is 5.10 Å². The van der Waals surface area contributed by atoms with E-state index in [1.165, 1.54) is 12.3 Å². The highest BCUT2D eigenvalue weighted by atomic mass is 16.5. The Labute approximate surface area is 128 Å². The van der Waals surface area contributed by atoms with Gasteiger partial charge in [0.15, 0.2) is 0 Å². The molecule has 2 N–H and O–H groups in total. The number of benzene rings is 2. The van der Waals surface area contributed by atoms with Crippen LogP contribution in [0.5, 0.6) is 11.5 Å². The van der Waals surface area contributed by atoms with Gasteiger partial charge in [0.1, 0.15) is 11.5 Å². The van der Waals surface area contributed by atoms with Crippen LogP contribution in [0.3, 0.4) is 0 Å². The number of phenolic OH excluding ortho intramolecular Hbond substituents is 1. The Morgan fingerprint density at radius 1 is 1.09 bits per heavy atom. The standard InChI is InChI=1S/C17H16N2O3/c1-22-16-9-4-13(5-10-16)6-11-17(21)19-18-12-14-2-7-15(20)8-3-14/h2-12,20H,1H3,(H,19,21)/b11-6?,18-12+. The van der Waals surface area contributed by atoms with E-state index in [9.17, 15) is 4.79 Å². The average molecular weight is 296 g/mol. The normalized spacial score (nSPS) is 11.0. The summed E-state index contributed by atoms with van der Waals surface area (Å²) in [7, 11) is 1.60. The van der Waals surface area contributed by atoms with Gasteiger partial charge in [-0.3, -0.25) is 4.79 Å². The number of hydrogen-bond donors (Lipinski definition) is 2. The van der Waals surface area contributed by atoms with Crippen molar-refractivity contribution < 1.29 is 14.6 Å². The van der Waals surface area contributed by atoms with Crippen LogP contribution in [0.15, 0.2) is 59.7 Å². The molecule has 0 spiro atoms. The predicted molar refractivity (Wildman–Crippen MR) is 85.9 cm³/mol. The van der Waals surface area contributed by atoms with Crippen LogP contribution < -0.4 is 10.2 Å². The van der Waals surface area contributed by atoms with Gasteiger partial charge in [0.2, 0.25) is 0 Å². The van der Waals surface area contributed by atoms with E-state index in [-0.39, 0.29) is 11.7 Å². The molecule has 0 atom stereocenters. The van der Waals surface area contributed by atoms with E-state index >= 15 is 0 Å². The molecule has 0 aliphatic heterocycles. The highest BCUT2D eigenvalue weighted by molar-refractivity contribution is 5.92. The molecule has 2 rings (SSSR count). The zero-order chi connectivity index (χ0) is 15.8. The average Bonchev–Trinajstić information content (AvgIpc) is 2.55. The minimum absolute atomic E-state index is 0.184. The molecule has 0 aliphatic carbocycles. The highest BCUT2D eigenvalue weighted by Crippen LogP contribution is 2.12. The van der Waals surface area contributed by atoms with Crippen LogP contribution >= 0.6 is 0 Å². The van der Waals surface area contributed by atoms with Gasteiger partial charge >= 0.3 is 0 Å². The van der Waals surface area contributed by atoms with E-state index < -0.39 is 0 Å². The number of amides is 1. The monoisotopic (exact) mass is 296 g/mol. The zero-order valence-corrected chi connectivity index (χ0v) is 12.1. The molecule has 2 aromatic carbocycles. The molecule has 0 fully saturated rings. The third kappa shape index (κ3) is 4.79. The number of rotatable bonds is 5. The van der Waals surface area contributed by atoms with E-state index in [0.717, 1.165) is 16.9 Å². The van der Waals surface area contributed by atoms with Crippen molar-refractivity contribution in [3.05, 3.63) is 65.7 Å². The fourth-order valence-electron chi connectivity index (χ4n) is 1.66. The third-order valence-corrected chi connectivity index (χ3v) is 2.82. The Morgan fingerprint density at radius 3 is 2.36 bits per heavy atom. The second-order valence-electron chi connectivity index (χ2n) is 4.43. The van der Waals surface area contributed by atoms with Crippen LogP contribution in [-0.4, -0.2) is 24.3 Å². The maximum atomic E-state index is 11.6. The van der Waals surface area contributed by atoms with Crippen molar-refractivity contribution in [3.8, 4) is 11.5 Å². The van der Waals surface area contributed by atoms with Gasteiger partial charge in [0.05, 0.1) is 13.3 Å². The summed E-state index contributed by atoms with van der Waals surface area (Å²) in [4.78, 5) is 11.6. The summed E-state index contributed by atoms with van der Waals surface area (Å²) in [6.07, 6.45) is 4.58. The van der Waals surface area contributed by atoms with E-state index in [1.54, 1.807) is 37.5 Å². The maximum Gasteiger partial charge on any atom is 0.264 e. The molecule has 1 amide bonds. The SMILES string of the molecule is COc1ccc(C=CC(=O)N/N=C/c2ccc(O)cc2)cc1. The van der Waals surface area contributed by atoms with Gasteiger partial charge in [-0.05, 0) is 53.6 Å². The summed E-state index contributed by atoms with van der Waals surface area (Å²) in [6.45, 7) is 0. The van der Waals surface area contributed by atoms with Gasteiger partial charge < -0.3 is 9.84 Å². The van der Waals surface area contributed by atoms with Gasteiger partial charge in [-0.1, -0.05) is 12.1 Å². The first kappa shape index (κ1) is 15.3. The summed E-state index contributed by atoms with van der Waals surface area (Å²) >= 11 is 0. The Morgan fingerprint density at radius 2 is 1.73 bits per heavy atom. The smallest absolute Gasteiger partial charge is 0.264 e. The van der Waals surface area contributed by atoms with Gasteiger partial charge in [0, 0.05) is 6.08 Å². The number of phenols is 1. The van der Waals surface area contributed by atoms with E-state index in [0.29, 0.717) is 0 Å². The first-order valence-electron chi connectivity index (χ1n) is 6.61.